The maximum atomic E-state index is 11.0. The average molecular weight is 225 g/mol. The van der Waals surface area contributed by atoms with E-state index in [4.69, 9.17) is 16.6 Å². The fraction of sp³-hybridized carbons (Fsp3) is 0.636. The molecule has 1 aliphatic heterocycles. The molecule has 0 amide bonds. The van der Waals surface area contributed by atoms with Crippen molar-refractivity contribution in [2.75, 3.05) is 19.6 Å². The molecule has 0 aromatic rings. The highest BCUT2D eigenvalue weighted by molar-refractivity contribution is 5.80. The first-order valence-electron chi connectivity index (χ1n) is 5.17. The highest BCUT2D eigenvalue weighted by Gasteiger charge is 2.38. The summed E-state index contributed by atoms with van der Waals surface area (Å²) < 4.78 is 0. The number of aliphatic carboxylic acids is 2. The summed E-state index contributed by atoms with van der Waals surface area (Å²) in [4.78, 5) is 23.7. The Balaban J connectivity index is 2.62. The zero-order valence-corrected chi connectivity index (χ0v) is 8.93. The molecule has 0 radical (unpaired) electrons. The first-order chi connectivity index (χ1) is 7.56. The summed E-state index contributed by atoms with van der Waals surface area (Å²) in [5.74, 6) is -1.19. The summed E-state index contributed by atoms with van der Waals surface area (Å²) in [5, 5.41) is 17.9. The molecule has 2 N–H and O–H groups in total. The SMILES string of the molecule is C#CCCN1CCC(C(=O)O)C(C(=O)O)C1. The van der Waals surface area contributed by atoms with Gasteiger partial charge >= 0.3 is 11.9 Å². The third-order valence-corrected chi connectivity index (χ3v) is 2.90. The Bertz CT molecular complexity index is 320. The molecule has 0 aromatic heterocycles. The highest BCUT2D eigenvalue weighted by Crippen LogP contribution is 2.24. The van der Waals surface area contributed by atoms with Gasteiger partial charge in [-0.05, 0) is 13.0 Å². The van der Waals surface area contributed by atoms with Crippen LogP contribution >= 0.6 is 0 Å². The van der Waals surface area contributed by atoms with Crippen LogP contribution in [0.1, 0.15) is 12.8 Å². The number of rotatable bonds is 4. The molecule has 16 heavy (non-hydrogen) atoms. The third kappa shape index (κ3) is 2.97. The van der Waals surface area contributed by atoms with Crippen LogP contribution in [0.3, 0.4) is 0 Å². The van der Waals surface area contributed by atoms with E-state index in [1.54, 1.807) is 0 Å². The van der Waals surface area contributed by atoms with E-state index in [-0.39, 0.29) is 6.54 Å². The summed E-state index contributed by atoms with van der Waals surface area (Å²) in [6, 6.07) is 0. The monoisotopic (exact) mass is 225 g/mol. The van der Waals surface area contributed by atoms with Gasteiger partial charge in [0.15, 0.2) is 0 Å². The van der Waals surface area contributed by atoms with E-state index in [0.717, 1.165) is 0 Å². The Kier molecular flexibility index (Phi) is 4.32. The Morgan fingerprint density at radius 3 is 2.44 bits per heavy atom. The van der Waals surface area contributed by atoms with Crippen LogP contribution in [0.25, 0.3) is 0 Å². The van der Waals surface area contributed by atoms with Gasteiger partial charge in [0.2, 0.25) is 0 Å². The molecule has 0 aromatic carbocycles. The van der Waals surface area contributed by atoms with Gasteiger partial charge in [-0.15, -0.1) is 12.3 Å². The van der Waals surface area contributed by atoms with E-state index in [1.807, 2.05) is 4.90 Å². The lowest BCUT2D eigenvalue weighted by Gasteiger charge is -2.34. The second-order valence-corrected chi connectivity index (χ2v) is 3.93. The summed E-state index contributed by atoms with van der Waals surface area (Å²) in [6.45, 7) is 1.50. The van der Waals surface area contributed by atoms with Crippen LogP contribution in [0.15, 0.2) is 0 Å². The Hall–Kier alpha value is -1.54. The summed E-state index contributed by atoms with van der Waals surface area (Å²) in [5.41, 5.74) is 0. The van der Waals surface area contributed by atoms with E-state index in [0.29, 0.717) is 25.9 Å². The van der Waals surface area contributed by atoms with Crippen LogP contribution < -0.4 is 0 Å². The van der Waals surface area contributed by atoms with Crippen LogP contribution in [0, 0.1) is 24.2 Å². The molecule has 1 fully saturated rings. The fourth-order valence-corrected chi connectivity index (χ4v) is 1.99. The maximum Gasteiger partial charge on any atom is 0.308 e. The molecular weight excluding hydrogens is 210 g/mol. The standard InChI is InChI=1S/C11H15NO4/c1-2-3-5-12-6-4-8(10(13)14)9(7-12)11(15)16/h1,8-9H,3-7H2,(H,13,14)(H,15,16). The second-order valence-electron chi connectivity index (χ2n) is 3.93. The molecule has 0 bridgehead atoms. The van der Waals surface area contributed by atoms with Crippen LogP contribution in [-0.4, -0.2) is 46.7 Å². The van der Waals surface area contributed by atoms with Gasteiger partial charge in [0.25, 0.3) is 0 Å². The minimum absolute atomic E-state index is 0.272. The lowest BCUT2D eigenvalue weighted by molar-refractivity contribution is -0.157. The molecule has 5 nitrogen and oxygen atoms in total. The number of carboxylic acids is 2. The van der Waals surface area contributed by atoms with Gasteiger partial charge in [-0.3, -0.25) is 9.59 Å². The number of likely N-dealkylation sites (tertiary alicyclic amines) is 1. The number of hydrogen-bond acceptors (Lipinski definition) is 3. The predicted octanol–water partition coefficient (Wildman–Crippen LogP) is 0.117. The van der Waals surface area contributed by atoms with Crippen molar-refractivity contribution in [1.82, 2.24) is 4.90 Å². The quantitative estimate of drug-likeness (QED) is 0.664. The van der Waals surface area contributed by atoms with Crippen molar-refractivity contribution in [3.05, 3.63) is 0 Å². The van der Waals surface area contributed by atoms with Crippen molar-refractivity contribution in [2.45, 2.75) is 12.8 Å². The second kappa shape index (κ2) is 5.52. The molecule has 2 unspecified atom stereocenters. The van der Waals surface area contributed by atoms with Crippen LogP contribution in [0.4, 0.5) is 0 Å². The number of terminal acetylenes is 1. The minimum atomic E-state index is -1.04. The molecule has 1 rings (SSSR count). The van der Waals surface area contributed by atoms with Crippen molar-refractivity contribution in [2.24, 2.45) is 11.8 Å². The Morgan fingerprint density at radius 1 is 1.31 bits per heavy atom. The maximum absolute atomic E-state index is 11.0. The van der Waals surface area contributed by atoms with E-state index < -0.39 is 23.8 Å². The molecule has 2 atom stereocenters. The predicted molar refractivity (Wildman–Crippen MR) is 56.8 cm³/mol. The number of hydrogen-bond donors (Lipinski definition) is 2. The average Bonchev–Trinajstić information content (AvgIpc) is 2.25. The topological polar surface area (TPSA) is 77.8 Å². The number of carbonyl (C=O) groups is 2. The van der Waals surface area contributed by atoms with E-state index in [1.165, 1.54) is 0 Å². The van der Waals surface area contributed by atoms with E-state index in [9.17, 15) is 9.59 Å². The molecule has 0 spiro atoms. The first-order valence-corrected chi connectivity index (χ1v) is 5.17. The molecule has 88 valence electrons. The zero-order chi connectivity index (χ0) is 12.1. The highest BCUT2D eigenvalue weighted by atomic mass is 16.4. The first kappa shape index (κ1) is 12.5. The molecule has 5 heteroatoms. The van der Waals surface area contributed by atoms with Crippen molar-refractivity contribution in [3.63, 3.8) is 0 Å². The third-order valence-electron chi connectivity index (χ3n) is 2.90. The van der Waals surface area contributed by atoms with Crippen molar-refractivity contribution >= 4 is 11.9 Å². The number of nitrogens with zero attached hydrogens (tertiary/aromatic N) is 1. The largest absolute Gasteiger partial charge is 0.481 e. The van der Waals surface area contributed by atoms with Gasteiger partial charge in [0.1, 0.15) is 0 Å². The Labute approximate surface area is 94.1 Å². The van der Waals surface area contributed by atoms with Crippen molar-refractivity contribution in [1.29, 1.82) is 0 Å². The van der Waals surface area contributed by atoms with Gasteiger partial charge in [-0.1, -0.05) is 0 Å². The van der Waals surface area contributed by atoms with Crippen LogP contribution in [0.2, 0.25) is 0 Å². The van der Waals surface area contributed by atoms with Gasteiger partial charge in [0.05, 0.1) is 11.8 Å². The summed E-state index contributed by atoms with van der Waals surface area (Å²) in [7, 11) is 0. The van der Waals surface area contributed by atoms with Gasteiger partial charge in [-0.25, -0.2) is 0 Å². The van der Waals surface area contributed by atoms with Crippen molar-refractivity contribution in [3.8, 4) is 12.3 Å². The van der Waals surface area contributed by atoms with Gasteiger partial charge in [0, 0.05) is 19.5 Å². The minimum Gasteiger partial charge on any atom is -0.481 e. The normalized spacial score (nSPS) is 25.9. The lowest BCUT2D eigenvalue weighted by Crippen LogP contribution is -2.46. The van der Waals surface area contributed by atoms with E-state index in [2.05, 4.69) is 5.92 Å². The zero-order valence-electron chi connectivity index (χ0n) is 8.93. The van der Waals surface area contributed by atoms with E-state index >= 15 is 0 Å². The van der Waals surface area contributed by atoms with Crippen LogP contribution in [0.5, 0.6) is 0 Å². The molecule has 0 aliphatic carbocycles. The Morgan fingerprint density at radius 2 is 1.94 bits per heavy atom. The smallest absolute Gasteiger partial charge is 0.308 e. The molecule has 1 heterocycles. The van der Waals surface area contributed by atoms with Crippen molar-refractivity contribution < 1.29 is 19.8 Å². The number of carboxylic acid groups (broad SMARTS) is 2. The summed E-state index contributed by atoms with van der Waals surface area (Å²) >= 11 is 0. The lowest BCUT2D eigenvalue weighted by atomic mass is 9.85. The fourth-order valence-electron chi connectivity index (χ4n) is 1.99. The molecule has 1 saturated heterocycles. The van der Waals surface area contributed by atoms with Gasteiger partial charge in [-0.2, -0.15) is 0 Å². The number of piperidine rings is 1. The molecule has 0 saturated carbocycles. The van der Waals surface area contributed by atoms with Crippen LogP contribution in [-0.2, 0) is 9.59 Å². The van der Waals surface area contributed by atoms with Gasteiger partial charge < -0.3 is 15.1 Å². The molecule has 1 aliphatic rings. The molecular formula is C11H15NO4. The summed E-state index contributed by atoms with van der Waals surface area (Å²) in [6.07, 6.45) is 6.06.